The van der Waals surface area contributed by atoms with Crippen molar-refractivity contribution in [3.8, 4) is 11.3 Å². The van der Waals surface area contributed by atoms with Crippen molar-refractivity contribution in [2.45, 2.75) is 32.3 Å². The maximum Gasteiger partial charge on any atom is 0.272 e. The first-order valence-corrected chi connectivity index (χ1v) is 8.63. The summed E-state index contributed by atoms with van der Waals surface area (Å²) in [6.45, 7) is 4.18. The van der Waals surface area contributed by atoms with Crippen molar-refractivity contribution in [1.82, 2.24) is 19.9 Å². The Bertz CT molecular complexity index is 720. The molecule has 0 aliphatic carbocycles. The van der Waals surface area contributed by atoms with Gasteiger partial charge in [-0.3, -0.25) is 4.79 Å². The molecule has 2 aromatic rings. The summed E-state index contributed by atoms with van der Waals surface area (Å²) in [5.74, 6) is 0.144. The molecule has 25 heavy (non-hydrogen) atoms. The van der Waals surface area contributed by atoms with Gasteiger partial charge in [-0.15, -0.1) is 0 Å². The number of nitrogens with two attached hydrogens (primary N) is 1. The number of nitrogen functional groups attached to an aromatic ring is 1. The molecule has 132 valence electrons. The second-order valence-electron chi connectivity index (χ2n) is 6.12. The van der Waals surface area contributed by atoms with E-state index in [9.17, 15) is 4.79 Å². The number of amides is 1. The van der Waals surface area contributed by atoms with Crippen LogP contribution in [0.3, 0.4) is 0 Å². The first-order valence-electron chi connectivity index (χ1n) is 8.63. The van der Waals surface area contributed by atoms with Crippen LogP contribution in [-0.4, -0.2) is 51.6 Å². The Morgan fingerprint density at radius 3 is 2.92 bits per heavy atom. The van der Waals surface area contributed by atoms with E-state index in [1.165, 1.54) is 0 Å². The molecule has 1 fully saturated rings. The lowest BCUT2D eigenvalue weighted by Gasteiger charge is -2.32. The fourth-order valence-electron chi connectivity index (χ4n) is 2.89. The number of rotatable bonds is 5. The van der Waals surface area contributed by atoms with Gasteiger partial charge in [0.05, 0.1) is 11.8 Å². The van der Waals surface area contributed by atoms with Crippen molar-refractivity contribution in [2.75, 3.05) is 25.4 Å². The number of likely N-dealkylation sites (tertiary alicyclic amines) is 1. The third-order valence-corrected chi connectivity index (χ3v) is 4.16. The SMILES string of the molecule is CCCO[C@H]1CCCN(C(=O)c2cccc(-c3cnc(N)nc3)n2)C1. The summed E-state index contributed by atoms with van der Waals surface area (Å²) >= 11 is 0. The summed E-state index contributed by atoms with van der Waals surface area (Å²) in [6, 6.07) is 5.39. The van der Waals surface area contributed by atoms with E-state index >= 15 is 0 Å². The zero-order chi connectivity index (χ0) is 17.6. The molecule has 1 aliphatic rings. The Labute approximate surface area is 147 Å². The predicted octanol–water partition coefficient (Wildman–Crippen LogP) is 2.15. The highest BCUT2D eigenvalue weighted by Crippen LogP contribution is 2.19. The fraction of sp³-hybridized carbons (Fsp3) is 0.444. The summed E-state index contributed by atoms with van der Waals surface area (Å²) in [6.07, 6.45) is 6.26. The Morgan fingerprint density at radius 2 is 2.16 bits per heavy atom. The smallest absolute Gasteiger partial charge is 0.272 e. The third-order valence-electron chi connectivity index (χ3n) is 4.16. The fourth-order valence-corrected chi connectivity index (χ4v) is 2.89. The number of ether oxygens (including phenoxy) is 1. The molecular weight excluding hydrogens is 318 g/mol. The zero-order valence-electron chi connectivity index (χ0n) is 14.4. The number of piperidine rings is 1. The molecule has 0 spiro atoms. The van der Waals surface area contributed by atoms with Crippen LogP contribution in [0.5, 0.6) is 0 Å². The molecule has 2 aromatic heterocycles. The van der Waals surface area contributed by atoms with Crippen molar-refractivity contribution in [3.05, 3.63) is 36.3 Å². The second-order valence-corrected chi connectivity index (χ2v) is 6.12. The number of aromatic nitrogens is 3. The van der Waals surface area contributed by atoms with Gasteiger partial charge >= 0.3 is 0 Å². The van der Waals surface area contributed by atoms with Gasteiger partial charge in [0.1, 0.15) is 5.69 Å². The van der Waals surface area contributed by atoms with E-state index in [1.54, 1.807) is 18.5 Å². The van der Waals surface area contributed by atoms with E-state index in [0.29, 0.717) is 17.9 Å². The van der Waals surface area contributed by atoms with Gasteiger partial charge in [0.25, 0.3) is 5.91 Å². The van der Waals surface area contributed by atoms with Crippen LogP contribution >= 0.6 is 0 Å². The van der Waals surface area contributed by atoms with Gasteiger partial charge in [-0.05, 0) is 31.4 Å². The minimum Gasteiger partial charge on any atom is -0.376 e. The van der Waals surface area contributed by atoms with Gasteiger partial charge in [-0.2, -0.15) is 0 Å². The van der Waals surface area contributed by atoms with Crippen molar-refractivity contribution in [2.24, 2.45) is 0 Å². The topological polar surface area (TPSA) is 94.2 Å². The number of hydrogen-bond acceptors (Lipinski definition) is 6. The number of carbonyl (C=O) groups excluding carboxylic acids is 1. The molecule has 0 aromatic carbocycles. The first kappa shape index (κ1) is 17.3. The molecule has 3 heterocycles. The average Bonchev–Trinajstić information content (AvgIpc) is 2.66. The Kier molecular flexibility index (Phi) is 5.55. The molecule has 7 nitrogen and oxygen atoms in total. The maximum absolute atomic E-state index is 12.8. The van der Waals surface area contributed by atoms with E-state index in [0.717, 1.165) is 38.0 Å². The first-order chi connectivity index (χ1) is 12.2. The lowest BCUT2D eigenvalue weighted by molar-refractivity contribution is 0.00193. The highest BCUT2D eigenvalue weighted by molar-refractivity contribution is 5.93. The van der Waals surface area contributed by atoms with Gasteiger partial charge in [-0.1, -0.05) is 13.0 Å². The highest BCUT2D eigenvalue weighted by Gasteiger charge is 2.25. The number of hydrogen-bond donors (Lipinski definition) is 1. The molecule has 2 N–H and O–H groups in total. The van der Waals surface area contributed by atoms with Crippen molar-refractivity contribution in [1.29, 1.82) is 0 Å². The summed E-state index contributed by atoms with van der Waals surface area (Å²) < 4.78 is 5.81. The van der Waals surface area contributed by atoms with Crippen molar-refractivity contribution >= 4 is 11.9 Å². The molecule has 0 bridgehead atoms. The molecule has 1 saturated heterocycles. The zero-order valence-corrected chi connectivity index (χ0v) is 14.4. The average molecular weight is 341 g/mol. The summed E-state index contributed by atoms with van der Waals surface area (Å²) in [5, 5.41) is 0. The van der Waals surface area contributed by atoms with E-state index in [1.807, 2.05) is 17.0 Å². The summed E-state index contributed by atoms with van der Waals surface area (Å²) in [7, 11) is 0. The van der Waals surface area contributed by atoms with Gasteiger partial charge < -0.3 is 15.4 Å². The van der Waals surface area contributed by atoms with Gasteiger partial charge in [0.2, 0.25) is 5.95 Å². The maximum atomic E-state index is 12.8. The van der Waals surface area contributed by atoms with E-state index in [-0.39, 0.29) is 18.0 Å². The molecule has 1 atom stereocenters. The summed E-state index contributed by atoms with van der Waals surface area (Å²) in [4.78, 5) is 27.1. The van der Waals surface area contributed by atoms with Gasteiger partial charge in [0, 0.05) is 37.7 Å². The summed E-state index contributed by atoms with van der Waals surface area (Å²) in [5.41, 5.74) is 7.32. The van der Waals surface area contributed by atoms with E-state index in [2.05, 4.69) is 21.9 Å². The minimum absolute atomic E-state index is 0.0667. The molecule has 1 amide bonds. The molecule has 7 heteroatoms. The van der Waals surface area contributed by atoms with Crippen LogP contribution in [0.1, 0.15) is 36.7 Å². The monoisotopic (exact) mass is 341 g/mol. The molecular formula is C18H23N5O2. The van der Waals surface area contributed by atoms with E-state index in [4.69, 9.17) is 10.5 Å². The Hall–Kier alpha value is -2.54. The minimum atomic E-state index is -0.0667. The number of anilines is 1. The quantitative estimate of drug-likeness (QED) is 0.895. The largest absolute Gasteiger partial charge is 0.376 e. The lowest BCUT2D eigenvalue weighted by Crippen LogP contribution is -2.43. The van der Waals surface area contributed by atoms with Crippen LogP contribution in [0, 0.1) is 0 Å². The number of nitrogens with zero attached hydrogens (tertiary/aromatic N) is 4. The lowest BCUT2D eigenvalue weighted by atomic mass is 10.1. The predicted molar refractivity (Wildman–Crippen MR) is 94.8 cm³/mol. The van der Waals surface area contributed by atoms with Crippen LogP contribution in [0.4, 0.5) is 5.95 Å². The van der Waals surface area contributed by atoms with Gasteiger partial charge in [-0.25, -0.2) is 15.0 Å². The van der Waals surface area contributed by atoms with Gasteiger partial charge in [0.15, 0.2) is 0 Å². The molecule has 1 aliphatic heterocycles. The Balaban J connectivity index is 1.73. The van der Waals surface area contributed by atoms with Crippen LogP contribution < -0.4 is 5.73 Å². The third kappa shape index (κ3) is 4.30. The Morgan fingerprint density at radius 1 is 1.36 bits per heavy atom. The molecule has 0 saturated carbocycles. The molecule has 0 unspecified atom stereocenters. The van der Waals surface area contributed by atoms with Crippen LogP contribution in [0.15, 0.2) is 30.6 Å². The van der Waals surface area contributed by atoms with Crippen molar-refractivity contribution in [3.63, 3.8) is 0 Å². The van der Waals surface area contributed by atoms with Crippen molar-refractivity contribution < 1.29 is 9.53 Å². The van der Waals surface area contributed by atoms with Crippen LogP contribution in [-0.2, 0) is 4.74 Å². The number of pyridine rings is 1. The van der Waals surface area contributed by atoms with Crippen LogP contribution in [0.25, 0.3) is 11.3 Å². The molecule has 0 radical (unpaired) electrons. The molecule has 3 rings (SSSR count). The second kappa shape index (κ2) is 8.02. The van der Waals surface area contributed by atoms with Crippen LogP contribution in [0.2, 0.25) is 0 Å². The highest BCUT2D eigenvalue weighted by atomic mass is 16.5. The number of carbonyl (C=O) groups is 1. The standard InChI is InChI=1S/C18H23N5O2/c1-2-9-25-14-5-4-8-23(12-14)17(24)16-7-3-6-15(22-16)13-10-20-18(19)21-11-13/h3,6-7,10-11,14H,2,4-5,8-9,12H2,1H3,(H2,19,20,21)/t14-/m0/s1. The van der Waals surface area contributed by atoms with E-state index < -0.39 is 0 Å². The normalized spacial score (nSPS) is 17.5.